The van der Waals surface area contributed by atoms with Crippen molar-refractivity contribution in [1.82, 2.24) is 25.0 Å². The Morgan fingerprint density at radius 3 is 2.51 bits per heavy atom. The van der Waals surface area contributed by atoms with Gasteiger partial charge in [-0.2, -0.15) is 13.8 Å². The second-order valence-corrected chi connectivity index (χ2v) is 10.0. The van der Waals surface area contributed by atoms with Crippen molar-refractivity contribution < 1.29 is 26.9 Å². The number of rotatable bonds is 6. The summed E-state index contributed by atoms with van der Waals surface area (Å²) in [7, 11) is 1.68. The topological polar surface area (TPSA) is 118 Å². The highest BCUT2D eigenvalue weighted by Crippen LogP contribution is 2.31. The van der Waals surface area contributed by atoms with Gasteiger partial charge in [-0.05, 0) is 36.6 Å². The molecule has 0 aliphatic carbocycles. The summed E-state index contributed by atoms with van der Waals surface area (Å²) in [6.07, 6.45) is 3.99. The zero-order valence-electron chi connectivity index (χ0n) is 21.4. The fourth-order valence-electron chi connectivity index (χ4n) is 5.05. The molecule has 5 rings (SSSR count). The normalized spacial score (nSPS) is 20.5. The Morgan fingerprint density at radius 1 is 1.13 bits per heavy atom. The summed E-state index contributed by atoms with van der Waals surface area (Å²) in [6, 6.07) is 2.82. The fraction of sp³-hybridized carbons (Fsp3) is 0.480. The van der Waals surface area contributed by atoms with Crippen LogP contribution in [0.1, 0.15) is 47.6 Å². The largest absolute Gasteiger partial charge is 0.353 e. The summed E-state index contributed by atoms with van der Waals surface area (Å²) >= 11 is 0. The molecule has 1 amide bonds. The molecule has 0 radical (unpaired) electrons. The van der Waals surface area contributed by atoms with Gasteiger partial charge in [-0.3, -0.25) is 4.79 Å². The highest BCUT2D eigenvalue weighted by Gasteiger charge is 2.35. The van der Waals surface area contributed by atoms with Gasteiger partial charge in [-0.15, -0.1) is 0 Å². The number of hydrogen-bond acceptors (Lipinski definition) is 9. The maximum absolute atomic E-state index is 14.3. The first-order valence-electron chi connectivity index (χ1n) is 12.5. The average Bonchev–Trinajstić information content (AvgIpc) is 3.57. The van der Waals surface area contributed by atoms with E-state index in [4.69, 9.17) is 10.3 Å². The molecule has 0 saturated carbocycles. The molecule has 2 atom stereocenters. The molecule has 0 spiro atoms. The van der Waals surface area contributed by atoms with E-state index in [2.05, 4.69) is 20.1 Å². The molecule has 3 aromatic rings. The molecular weight excluding hydrogens is 520 g/mol. The number of alkyl halides is 2. The van der Waals surface area contributed by atoms with E-state index in [1.54, 1.807) is 16.8 Å². The van der Waals surface area contributed by atoms with Crippen molar-refractivity contribution in [2.24, 2.45) is 5.73 Å². The minimum absolute atomic E-state index is 0.0319. The summed E-state index contributed by atoms with van der Waals surface area (Å²) in [6.45, 7) is 2.31. The monoisotopic (exact) mass is 548 g/mol. The van der Waals surface area contributed by atoms with Gasteiger partial charge in [0.25, 0.3) is 5.91 Å². The quantitative estimate of drug-likeness (QED) is 0.464. The van der Waals surface area contributed by atoms with Crippen molar-refractivity contribution in [3.8, 4) is 0 Å². The molecule has 208 valence electrons. The lowest BCUT2D eigenvalue weighted by Gasteiger charge is -2.35. The number of amides is 1. The van der Waals surface area contributed by atoms with E-state index in [-0.39, 0.29) is 29.2 Å². The fourth-order valence-corrected chi connectivity index (χ4v) is 5.05. The molecular formula is C25H28F4N8O2. The van der Waals surface area contributed by atoms with Gasteiger partial charge in [0, 0.05) is 58.2 Å². The van der Waals surface area contributed by atoms with Gasteiger partial charge >= 0.3 is 11.9 Å². The number of nitrogens with two attached hydrogens (primary N) is 1. The van der Waals surface area contributed by atoms with Gasteiger partial charge in [0.05, 0.1) is 12.4 Å². The van der Waals surface area contributed by atoms with Gasteiger partial charge < -0.3 is 25.0 Å². The van der Waals surface area contributed by atoms with E-state index in [1.807, 2.05) is 4.90 Å². The van der Waals surface area contributed by atoms with Crippen LogP contribution in [-0.4, -0.2) is 76.2 Å². The van der Waals surface area contributed by atoms with Crippen LogP contribution in [0.2, 0.25) is 0 Å². The van der Waals surface area contributed by atoms with E-state index in [0.29, 0.717) is 51.8 Å². The first-order valence-corrected chi connectivity index (χ1v) is 12.5. The van der Waals surface area contributed by atoms with Gasteiger partial charge in [0.2, 0.25) is 5.82 Å². The molecule has 2 aromatic heterocycles. The maximum Gasteiger partial charge on any atom is 0.324 e. The number of aromatic nitrogens is 4. The molecule has 2 unspecified atom stereocenters. The maximum atomic E-state index is 14.3. The zero-order valence-corrected chi connectivity index (χ0v) is 21.4. The van der Waals surface area contributed by atoms with E-state index in [9.17, 15) is 22.4 Å². The van der Waals surface area contributed by atoms with E-state index >= 15 is 0 Å². The van der Waals surface area contributed by atoms with Crippen LogP contribution < -0.4 is 15.5 Å². The molecule has 39 heavy (non-hydrogen) atoms. The lowest BCUT2D eigenvalue weighted by molar-refractivity contribution is 0.00558. The van der Waals surface area contributed by atoms with Crippen molar-refractivity contribution in [3.63, 3.8) is 0 Å². The lowest BCUT2D eigenvalue weighted by Crippen LogP contribution is -2.46. The summed E-state index contributed by atoms with van der Waals surface area (Å²) in [4.78, 5) is 30.7. The minimum Gasteiger partial charge on any atom is -0.353 e. The molecule has 2 N–H and O–H groups in total. The van der Waals surface area contributed by atoms with Crippen LogP contribution in [-0.2, 0) is 5.92 Å². The Morgan fingerprint density at radius 2 is 1.87 bits per heavy atom. The number of hydrogen-bond donors (Lipinski definition) is 1. The number of halogens is 4. The van der Waals surface area contributed by atoms with Gasteiger partial charge in [0.1, 0.15) is 23.1 Å². The van der Waals surface area contributed by atoms with Gasteiger partial charge in [-0.1, -0.05) is 5.16 Å². The van der Waals surface area contributed by atoms with Crippen molar-refractivity contribution in [2.45, 2.75) is 43.7 Å². The van der Waals surface area contributed by atoms with Crippen LogP contribution in [0.3, 0.4) is 0 Å². The molecule has 1 aromatic carbocycles. The highest BCUT2D eigenvalue weighted by atomic mass is 19.3. The predicted molar refractivity (Wildman–Crippen MR) is 133 cm³/mol. The highest BCUT2D eigenvalue weighted by molar-refractivity contribution is 5.92. The van der Waals surface area contributed by atoms with Crippen LogP contribution in [0.5, 0.6) is 0 Å². The number of carbonyl (C=O) groups excluding carboxylic acids is 1. The first-order chi connectivity index (χ1) is 18.5. The smallest absolute Gasteiger partial charge is 0.324 e. The van der Waals surface area contributed by atoms with E-state index in [0.717, 1.165) is 12.1 Å². The van der Waals surface area contributed by atoms with Crippen LogP contribution in [0.15, 0.2) is 35.1 Å². The first kappa shape index (κ1) is 26.8. The third kappa shape index (κ3) is 5.51. The second-order valence-electron chi connectivity index (χ2n) is 10.0. The van der Waals surface area contributed by atoms with E-state index < -0.39 is 35.3 Å². The third-order valence-corrected chi connectivity index (χ3v) is 7.31. The van der Waals surface area contributed by atoms with Gasteiger partial charge in [-0.25, -0.2) is 18.7 Å². The standard InChI is InChI=1S/C25H28F4N8O2/c1-25(28,29)23-33-24(39-34-23)36-7-5-15(6-8-36)35(2)22(38)20-10-32-21(11-31-20)37-12-17(19(30)13-37)16-9-14(26)3-4-18(16)27/h3-4,9-11,15,17,19H,5-8,12-13,30H2,1-2H3. The number of anilines is 2. The molecule has 14 heteroatoms. The Balaban J connectivity index is 1.18. The van der Waals surface area contributed by atoms with Crippen LogP contribution in [0, 0.1) is 11.6 Å². The number of piperidine rings is 1. The lowest BCUT2D eigenvalue weighted by atomic mass is 9.94. The molecule has 2 saturated heterocycles. The van der Waals surface area contributed by atoms with Crippen LogP contribution >= 0.6 is 0 Å². The average molecular weight is 549 g/mol. The molecule has 0 bridgehead atoms. The number of benzene rings is 1. The predicted octanol–water partition coefficient (Wildman–Crippen LogP) is 2.92. The molecule has 2 fully saturated rings. The molecule has 4 heterocycles. The SMILES string of the molecule is CN(C(=O)c1cnc(N2CC(N)C(c3cc(F)ccc3F)C2)cn1)C1CCN(c2nc(C(C)(F)F)no2)CC1. The summed E-state index contributed by atoms with van der Waals surface area (Å²) in [5.41, 5.74) is 6.62. The molecule has 10 nitrogen and oxygen atoms in total. The number of carbonyl (C=O) groups is 1. The van der Waals surface area contributed by atoms with Crippen molar-refractivity contribution >= 4 is 17.7 Å². The van der Waals surface area contributed by atoms with E-state index in [1.165, 1.54) is 18.5 Å². The van der Waals surface area contributed by atoms with Crippen LogP contribution in [0.4, 0.5) is 29.4 Å². The minimum atomic E-state index is -3.19. The van der Waals surface area contributed by atoms with Crippen LogP contribution in [0.25, 0.3) is 0 Å². The second kappa shape index (κ2) is 10.4. The zero-order chi connectivity index (χ0) is 27.9. The molecule has 2 aliphatic rings. The van der Waals surface area contributed by atoms with Crippen molar-refractivity contribution in [2.75, 3.05) is 43.0 Å². The van der Waals surface area contributed by atoms with Gasteiger partial charge in [0.15, 0.2) is 0 Å². The Hall–Kier alpha value is -3.81. The van der Waals surface area contributed by atoms with Crippen molar-refractivity contribution in [1.29, 1.82) is 0 Å². The molecule has 2 aliphatic heterocycles. The Kier molecular flexibility index (Phi) is 7.14. The van der Waals surface area contributed by atoms with Crippen molar-refractivity contribution in [3.05, 3.63) is 59.3 Å². The Bertz CT molecular complexity index is 1320. The Labute approximate surface area is 221 Å². The summed E-state index contributed by atoms with van der Waals surface area (Å²) < 4.78 is 59.8. The summed E-state index contributed by atoms with van der Waals surface area (Å²) in [5.74, 6) is -5.14. The third-order valence-electron chi connectivity index (χ3n) is 7.31. The number of nitrogens with zero attached hydrogens (tertiary/aromatic N) is 7. The summed E-state index contributed by atoms with van der Waals surface area (Å²) in [5, 5.41) is 3.35.